The number of para-hydroxylation sites is 6. The molecule has 4 heteroatoms. The van der Waals surface area contributed by atoms with Crippen LogP contribution in [0.1, 0.15) is 0 Å². The van der Waals surface area contributed by atoms with E-state index in [0.29, 0.717) is 0 Å². The van der Waals surface area contributed by atoms with Crippen LogP contribution in [0.3, 0.4) is 0 Å². The van der Waals surface area contributed by atoms with Gasteiger partial charge in [-0.25, -0.2) is 4.98 Å². The molecular formula is C35H22N4. The predicted octanol–water partition coefficient (Wildman–Crippen LogP) is 8.68. The van der Waals surface area contributed by atoms with Gasteiger partial charge < -0.3 is 4.57 Å². The van der Waals surface area contributed by atoms with Gasteiger partial charge in [-0.2, -0.15) is 0 Å². The van der Waals surface area contributed by atoms with E-state index in [2.05, 4.69) is 147 Å². The largest absolute Gasteiger partial charge is 0.308 e. The first kappa shape index (κ1) is 20.7. The van der Waals surface area contributed by atoms with E-state index in [4.69, 9.17) is 4.98 Å². The summed E-state index contributed by atoms with van der Waals surface area (Å²) in [6, 6.07) is 47.3. The minimum atomic E-state index is 0.976. The summed E-state index contributed by atoms with van der Waals surface area (Å²) in [5.41, 5.74) is 10.0. The highest BCUT2D eigenvalue weighted by Gasteiger charge is 2.26. The maximum absolute atomic E-state index is 5.29. The molecule has 9 aromatic rings. The van der Waals surface area contributed by atoms with Gasteiger partial charge in [-0.1, -0.05) is 84.9 Å². The zero-order valence-corrected chi connectivity index (χ0v) is 21.0. The molecule has 39 heavy (non-hydrogen) atoms. The van der Waals surface area contributed by atoms with Gasteiger partial charge in [0.05, 0.1) is 38.4 Å². The Balaban J connectivity index is 1.70. The highest BCUT2D eigenvalue weighted by Crippen LogP contribution is 2.44. The topological polar surface area (TPSA) is 27.2 Å². The standard InChI is InChI=1S/C35H22N4/c1-3-13-23(14-4-1)37-28-20-10-7-17-25(28)31-33(37)32-26-18-8-11-21-29(26)38(24-15-5-2-6-16-24)35(32)39-30-22-12-9-19-27(30)36-34(31)39/h1-22H. The average molecular weight is 499 g/mol. The van der Waals surface area contributed by atoms with Crippen molar-refractivity contribution in [3.63, 3.8) is 0 Å². The molecule has 0 aliphatic heterocycles. The molecule has 0 aliphatic rings. The van der Waals surface area contributed by atoms with E-state index in [-0.39, 0.29) is 0 Å². The van der Waals surface area contributed by atoms with Gasteiger partial charge in [-0.05, 0) is 48.5 Å². The molecule has 182 valence electrons. The molecule has 0 spiro atoms. The zero-order valence-electron chi connectivity index (χ0n) is 21.0. The smallest absolute Gasteiger partial charge is 0.149 e. The molecule has 0 aliphatic carbocycles. The second-order valence-corrected chi connectivity index (χ2v) is 10.1. The van der Waals surface area contributed by atoms with E-state index < -0.39 is 0 Å². The predicted molar refractivity (Wildman–Crippen MR) is 161 cm³/mol. The number of imidazole rings is 1. The summed E-state index contributed by atoms with van der Waals surface area (Å²) in [4.78, 5) is 5.29. The molecule has 4 nitrogen and oxygen atoms in total. The van der Waals surface area contributed by atoms with Crippen molar-refractivity contribution in [1.82, 2.24) is 18.5 Å². The van der Waals surface area contributed by atoms with Gasteiger partial charge >= 0.3 is 0 Å². The quantitative estimate of drug-likeness (QED) is 0.234. The maximum Gasteiger partial charge on any atom is 0.149 e. The lowest BCUT2D eigenvalue weighted by atomic mass is 10.1. The molecule has 0 amide bonds. The van der Waals surface area contributed by atoms with Crippen LogP contribution in [0.4, 0.5) is 0 Å². The van der Waals surface area contributed by atoms with Crippen molar-refractivity contribution in [2.75, 3.05) is 0 Å². The number of pyridine rings is 1. The molecule has 0 N–H and O–H groups in total. The van der Waals surface area contributed by atoms with Gasteiger partial charge in [0, 0.05) is 22.1 Å². The van der Waals surface area contributed by atoms with Crippen LogP contribution in [0.25, 0.3) is 71.8 Å². The van der Waals surface area contributed by atoms with Crippen LogP contribution < -0.4 is 0 Å². The molecule has 4 aromatic heterocycles. The van der Waals surface area contributed by atoms with Crippen LogP contribution in [0.15, 0.2) is 133 Å². The van der Waals surface area contributed by atoms with Crippen LogP contribution in [0.5, 0.6) is 0 Å². The fraction of sp³-hybridized carbons (Fsp3) is 0. The third-order valence-corrected chi connectivity index (χ3v) is 7.99. The van der Waals surface area contributed by atoms with Crippen molar-refractivity contribution in [3.05, 3.63) is 133 Å². The summed E-state index contributed by atoms with van der Waals surface area (Å²) in [5, 5.41) is 4.82. The summed E-state index contributed by atoms with van der Waals surface area (Å²) in [6.07, 6.45) is 0. The number of aromatic nitrogens is 4. The second kappa shape index (κ2) is 7.59. The van der Waals surface area contributed by atoms with Crippen molar-refractivity contribution in [1.29, 1.82) is 0 Å². The molecule has 0 atom stereocenters. The van der Waals surface area contributed by atoms with Gasteiger partial charge in [0.25, 0.3) is 0 Å². The van der Waals surface area contributed by atoms with Crippen molar-refractivity contribution in [3.8, 4) is 11.4 Å². The summed E-state index contributed by atoms with van der Waals surface area (Å²) in [7, 11) is 0. The van der Waals surface area contributed by atoms with Crippen molar-refractivity contribution < 1.29 is 0 Å². The van der Waals surface area contributed by atoms with Crippen LogP contribution in [0.2, 0.25) is 0 Å². The van der Waals surface area contributed by atoms with Crippen molar-refractivity contribution >= 4 is 60.4 Å². The van der Waals surface area contributed by atoms with Crippen LogP contribution in [-0.2, 0) is 0 Å². The molecule has 5 aromatic carbocycles. The number of benzene rings is 5. The number of rotatable bonds is 2. The van der Waals surface area contributed by atoms with Gasteiger partial charge in [0.2, 0.25) is 0 Å². The van der Waals surface area contributed by atoms with E-state index in [1.165, 1.54) is 38.1 Å². The van der Waals surface area contributed by atoms with E-state index in [9.17, 15) is 0 Å². The Morgan fingerprint density at radius 2 is 0.949 bits per heavy atom. The summed E-state index contributed by atoms with van der Waals surface area (Å²) in [5.74, 6) is 0. The Labute approximate surface area is 223 Å². The SMILES string of the molecule is c1ccc(-n2c3ccccc3c3c2c2c4ccccc4n(-c4ccccc4)c2n2c4ccccc4nc32)cc1. The number of fused-ring (bicyclic) bond motifs is 12. The Kier molecular flexibility index (Phi) is 4.02. The first-order valence-electron chi connectivity index (χ1n) is 13.3. The van der Waals surface area contributed by atoms with Crippen LogP contribution >= 0.6 is 0 Å². The minimum absolute atomic E-state index is 0.976. The third kappa shape index (κ3) is 2.65. The Hall–Kier alpha value is -5.35. The fourth-order valence-electron chi connectivity index (χ4n) is 6.47. The van der Waals surface area contributed by atoms with E-state index in [1.54, 1.807) is 0 Å². The van der Waals surface area contributed by atoms with Gasteiger partial charge in [0.1, 0.15) is 11.3 Å². The molecule has 0 saturated heterocycles. The molecule has 9 rings (SSSR count). The van der Waals surface area contributed by atoms with Crippen molar-refractivity contribution in [2.24, 2.45) is 0 Å². The Bertz CT molecular complexity index is 2300. The van der Waals surface area contributed by atoms with Crippen LogP contribution in [-0.4, -0.2) is 18.5 Å². The lowest BCUT2D eigenvalue weighted by molar-refractivity contribution is 1.11. The molecule has 0 radical (unpaired) electrons. The zero-order chi connectivity index (χ0) is 25.5. The lowest BCUT2D eigenvalue weighted by Gasteiger charge is -2.12. The molecule has 0 fully saturated rings. The van der Waals surface area contributed by atoms with E-state index >= 15 is 0 Å². The molecule has 0 saturated carbocycles. The Morgan fingerprint density at radius 1 is 0.436 bits per heavy atom. The maximum atomic E-state index is 5.29. The fourth-order valence-corrected chi connectivity index (χ4v) is 6.47. The van der Waals surface area contributed by atoms with E-state index in [1.807, 2.05) is 0 Å². The van der Waals surface area contributed by atoms with Crippen molar-refractivity contribution in [2.45, 2.75) is 0 Å². The summed E-state index contributed by atoms with van der Waals surface area (Å²) in [6.45, 7) is 0. The monoisotopic (exact) mass is 498 g/mol. The summed E-state index contributed by atoms with van der Waals surface area (Å²) >= 11 is 0. The van der Waals surface area contributed by atoms with Gasteiger partial charge in [-0.3, -0.25) is 8.97 Å². The molecule has 4 heterocycles. The van der Waals surface area contributed by atoms with Gasteiger partial charge in [0.15, 0.2) is 0 Å². The molecule has 0 bridgehead atoms. The second-order valence-electron chi connectivity index (χ2n) is 10.1. The molecule has 0 unspecified atom stereocenters. The number of hydrogen-bond acceptors (Lipinski definition) is 1. The van der Waals surface area contributed by atoms with E-state index in [0.717, 1.165) is 33.7 Å². The Morgan fingerprint density at radius 3 is 1.64 bits per heavy atom. The first-order chi connectivity index (χ1) is 19.4. The number of hydrogen-bond donors (Lipinski definition) is 0. The van der Waals surface area contributed by atoms with Crippen LogP contribution in [0, 0.1) is 0 Å². The van der Waals surface area contributed by atoms with Gasteiger partial charge in [-0.15, -0.1) is 0 Å². The molecular weight excluding hydrogens is 476 g/mol. The highest BCUT2D eigenvalue weighted by atomic mass is 15.1. The highest BCUT2D eigenvalue weighted by molar-refractivity contribution is 6.29. The normalized spacial score (nSPS) is 12.1. The summed E-state index contributed by atoms with van der Waals surface area (Å²) < 4.78 is 7.20. The minimum Gasteiger partial charge on any atom is -0.308 e. The number of nitrogens with zero attached hydrogens (tertiary/aromatic N) is 4. The lowest BCUT2D eigenvalue weighted by Crippen LogP contribution is -2.00. The third-order valence-electron chi connectivity index (χ3n) is 7.99. The first-order valence-corrected chi connectivity index (χ1v) is 13.3. The average Bonchev–Trinajstić information content (AvgIpc) is 3.66.